The first kappa shape index (κ1) is 111. The van der Waals surface area contributed by atoms with Gasteiger partial charge in [-0.2, -0.15) is 0 Å². The van der Waals surface area contributed by atoms with E-state index in [1.54, 1.807) is 0 Å². The number of rotatable bonds is 84. The molecule has 0 radical (unpaired) electrons. The van der Waals surface area contributed by atoms with Crippen molar-refractivity contribution in [2.24, 2.45) is 29.6 Å². The van der Waals surface area contributed by atoms with Gasteiger partial charge in [0.2, 0.25) is 6.29 Å². The number of unbranched alkanes of at least 4 members (excludes halogenated alkanes) is 55. The molecule has 0 saturated carbocycles. The monoisotopic (exact) mass is 1670 g/mol. The van der Waals surface area contributed by atoms with Crippen LogP contribution in [0.1, 0.15) is 519 Å². The minimum absolute atomic E-state index is 0.0104. The average Bonchev–Trinajstić information content (AvgIpc) is 0.775. The number of aliphatic hydroxyl groups is 3. The summed E-state index contributed by atoms with van der Waals surface area (Å²) in [5, 5.41) is 35.6. The molecule has 0 amide bonds. The molecule has 118 heavy (non-hydrogen) atoms. The third-order valence-corrected chi connectivity index (χ3v) is 24.7. The number of hydrogen-bond acceptors (Lipinski definition) is 16. The summed E-state index contributed by atoms with van der Waals surface area (Å²) in [5.41, 5.74) is 0. The largest absolute Gasteiger partial charge is 0.463 e. The summed E-state index contributed by atoms with van der Waals surface area (Å²) in [6, 6.07) is 0. The van der Waals surface area contributed by atoms with Crippen LogP contribution in [0.25, 0.3) is 0 Å². The molecule has 0 aromatic carbocycles. The first-order chi connectivity index (χ1) is 57.2. The Kier molecular flexibility index (Phi) is 73.2. The minimum atomic E-state index is -1.89. The highest BCUT2D eigenvalue weighted by Crippen LogP contribution is 2.35. The fourth-order valence-electron chi connectivity index (χ4n) is 17.0. The second kappa shape index (κ2) is 77.7. The normalized spacial score (nSPS) is 19.6. The summed E-state index contributed by atoms with van der Waals surface area (Å²) in [6.45, 7) is 21.7. The maximum absolute atomic E-state index is 14.3. The second-order valence-corrected chi connectivity index (χ2v) is 38.8. The molecule has 0 spiro atoms. The van der Waals surface area contributed by atoms with E-state index in [4.69, 9.17) is 37.9 Å². The maximum Gasteiger partial charge on any atom is 0.306 e. The summed E-state index contributed by atoms with van der Waals surface area (Å²) >= 11 is 0. The molecule has 2 fully saturated rings. The van der Waals surface area contributed by atoms with Gasteiger partial charge in [0.15, 0.2) is 30.7 Å². The van der Waals surface area contributed by atoms with Crippen molar-refractivity contribution in [1.82, 2.24) is 0 Å². The quantitative estimate of drug-likeness (QED) is 0.0293. The minimum Gasteiger partial charge on any atom is -0.463 e. The summed E-state index contributed by atoms with van der Waals surface area (Å²) < 4.78 is 50.5. The molecule has 2 heterocycles. The summed E-state index contributed by atoms with van der Waals surface area (Å²) in [4.78, 5) is 70.7. The SMILES string of the molecule is CC(C)CCCCCCCCCCCCCCC(=O)OC[C@H]1O[C@H](O[C@H]2O[C@H](CO)[C@@H](O)[C@H](OC(=O)CCCCCCCCCCCCCCC(C)C)[C@H]2OC(=O)CCCCCCCCCCCCCCC(C)C)[C@H](O)[C@@H](OC(=O)CCCCCCCCCCCCCCC(C)C)[C@@H]1OC(=O)CCCCCCCCCCCCCCC(C)C. The molecule has 0 aliphatic carbocycles. The number of ether oxygens (including phenoxy) is 8. The molecule has 0 aromatic heterocycles. The lowest BCUT2D eigenvalue weighted by atomic mass is 9.97. The summed E-state index contributed by atoms with van der Waals surface area (Å²) in [5.74, 6) is 0.836. The van der Waals surface area contributed by atoms with E-state index in [-0.39, 0.29) is 32.1 Å². The van der Waals surface area contributed by atoms with Crippen molar-refractivity contribution >= 4 is 29.8 Å². The molecule has 16 heteroatoms. The van der Waals surface area contributed by atoms with Crippen LogP contribution in [0.3, 0.4) is 0 Å². The lowest BCUT2D eigenvalue weighted by Crippen LogP contribution is -2.66. The van der Waals surface area contributed by atoms with E-state index >= 15 is 0 Å². The van der Waals surface area contributed by atoms with E-state index in [0.717, 1.165) is 158 Å². The van der Waals surface area contributed by atoms with Gasteiger partial charge < -0.3 is 53.2 Å². The zero-order chi connectivity index (χ0) is 86.1. The van der Waals surface area contributed by atoms with Crippen LogP contribution in [0.4, 0.5) is 0 Å². The zero-order valence-corrected chi connectivity index (χ0v) is 78.7. The molecule has 3 N–H and O–H groups in total. The summed E-state index contributed by atoms with van der Waals surface area (Å²) in [7, 11) is 0. The van der Waals surface area contributed by atoms with Crippen LogP contribution >= 0.6 is 0 Å². The van der Waals surface area contributed by atoms with Crippen molar-refractivity contribution in [2.75, 3.05) is 13.2 Å². The van der Waals surface area contributed by atoms with Crippen molar-refractivity contribution in [3.63, 3.8) is 0 Å². The van der Waals surface area contributed by atoms with Gasteiger partial charge >= 0.3 is 29.8 Å². The molecular weight excluding hydrogens is 1480 g/mol. The Hall–Kier alpha value is -2.89. The molecule has 0 aromatic rings. The standard InChI is InChI=1S/C102H192O16/c1-83(2)71-61-51-41-31-21-11-16-26-36-46-56-66-76-90(104)111-82-89-97(114-91(105)77-67-57-47-37-27-17-12-22-32-42-52-62-72-84(3)4)99(116-93(107)79-69-59-49-39-29-19-14-24-34-44-54-64-74-86(7)8)96(110)101(113-89)118-102-100(117-94(108)80-70-60-50-40-30-20-15-25-35-45-55-65-75-87(9)10)98(95(109)88(81-103)112-102)115-92(106)78-68-58-48-38-28-18-13-23-33-43-53-63-73-85(5)6/h83-89,95-103,109-110H,11-82H2,1-10H3/t88-,89-,95-,96-,97-,98+,99-,100-,101-,102-/m1/s1. The van der Waals surface area contributed by atoms with Crippen LogP contribution in [0, 0.1) is 29.6 Å². The van der Waals surface area contributed by atoms with Gasteiger partial charge in [-0.05, 0) is 61.7 Å². The highest BCUT2D eigenvalue weighted by Gasteiger charge is 2.56. The Morgan fingerprint density at radius 2 is 0.432 bits per heavy atom. The van der Waals surface area contributed by atoms with Gasteiger partial charge in [0.25, 0.3) is 0 Å². The number of aliphatic hydroxyl groups excluding tert-OH is 3. The predicted octanol–water partition coefficient (Wildman–Crippen LogP) is 27.9. The molecule has 16 nitrogen and oxygen atoms in total. The van der Waals surface area contributed by atoms with E-state index in [9.17, 15) is 39.3 Å². The van der Waals surface area contributed by atoms with Gasteiger partial charge in [0.05, 0.1) is 6.61 Å². The van der Waals surface area contributed by atoms with E-state index in [0.29, 0.717) is 32.1 Å². The van der Waals surface area contributed by atoms with Crippen molar-refractivity contribution in [3.8, 4) is 0 Å². The number of carbonyl (C=O) groups excluding carboxylic acids is 5. The fraction of sp³-hybridized carbons (Fsp3) is 0.951. The van der Waals surface area contributed by atoms with Crippen LogP contribution in [0.2, 0.25) is 0 Å². The third kappa shape index (κ3) is 63.9. The molecule has 2 rings (SSSR count). The number of hydrogen-bond donors (Lipinski definition) is 3. The van der Waals surface area contributed by atoms with E-state index in [2.05, 4.69) is 69.2 Å². The maximum atomic E-state index is 14.3. The van der Waals surface area contributed by atoms with E-state index < -0.39 is 104 Å². The topological polar surface area (TPSA) is 220 Å². The first-order valence-electron chi connectivity index (χ1n) is 51.1. The van der Waals surface area contributed by atoms with Crippen molar-refractivity contribution in [1.29, 1.82) is 0 Å². The third-order valence-electron chi connectivity index (χ3n) is 24.7. The van der Waals surface area contributed by atoms with Gasteiger partial charge in [-0.1, -0.05) is 454 Å². The molecule has 0 unspecified atom stereocenters. The Morgan fingerprint density at radius 1 is 0.237 bits per heavy atom. The Labute approximate surface area is 726 Å². The molecule has 2 aliphatic heterocycles. The molecular formula is C102H192O16. The van der Waals surface area contributed by atoms with Crippen molar-refractivity contribution < 1.29 is 77.2 Å². The van der Waals surface area contributed by atoms with Gasteiger partial charge in [-0.25, -0.2) is 0 Å². The molecule has 696 valence electrons. The smallest absolute Gasteiger partial charge is 0.306 e. The van der Waals surface area contributed by atoms with Crippen LogP contribution in [0.5, 0.6) is 0 Å². The molecule has 10 atom stereocenters. The summed E-state index contributed by atoms with van der Waals surface area (Å²) in [6.07, 6.45) is 57.9. The fourth-order valence-corrected chi connectivity index (χ4v) is 17.0. The predicted molar refractivity (Wildman–Crippen MR) is 485 cm³/mol. The number of esters is 5. The van der Waals surface area contributed by atoms with E-state index in [1.807, 2.05) is 0 Å². The molecule has 2 aliphatic rings. The van der Waals surface area contributed by atoms with Crippen LogP contribution < -0.4 is 0 Å². The van der Waals surface area contributed by atoms with Crippen LogP contribution in [0.15, 0.2) is 0 Å². The second-order valence-electron chi connectivity index (χ2n) is 38.8. The van der Waals surface area contributed by atoms with Gasteiger partial charge in [0.1, 0.15) is 31.0 Å². The highest BCUT2D eigenvalue weighted by atomic mass is 16.8. The molecule has 0 bridgehead atoms. The lowest BCUT2D eigenvalue weighted by molar-refractivity contribution is -0.377. The zero-order valence-electron chi connectivity index (χ0n) is 78.7. The lowest BCUT2D eigenvalue weighted by Gasteiger charge is -2.47. The van der Waals surface area contributed by atoms with E-state index in [1.165, 1.54) is 257 Å². The average molecular weight is 1670 g/mol. The van der Waals surface area contributed by atoms with Gasteiger partial charge in [0, 0.05) is 32.1 Å². The Morgan fingerprint density at radius 3 is 0.669 bits per heavy atom. The highest BCUT2D eigenvalue weighted by molar-refractivity contribution is 5.72. The van der Waals surface area contributed by atoms with Crippen molar-refractivity contribution in [3.05, 3.63) is 0 Å². The Balaban J connectivity index is 2.44. The molecule has 2 saturated heterocycles. The Bertz CT molecular complexity index is 2290. The first-order valence-corrected chi connectivity index (χ1v) is 51.1. The van der Waals surface area contributed by atoms with Crippen LogP contribution in [-0.4, -0.2) is 120 Å². The van der Waals surface area contributed by atoms with Gasteiger partial charge in [-0.3, -0.25) is 24.0 Å². The number of carbonyl (C=O) groups is 5. The van der Waals surface area contributed by atoms with Gasteiger partial charge in [-0.15, -0.1) is 0 Å². The van der Waals surface area contributed by atoms with Crippen molar-refractivity contribution in [2.45, 2.75) is 580 Å². The van der Waals surface area contributed by atoms with Crippen LogP contribution in [-0.2, 0) is 61.9 Å².